The summed E-state index contributed by atoms with van der Waals surface area (Å²) in [4.78, 5) is 55.6. The van der Waals surface area contributed by atoms with Crippen LogP contribution in [0.3, 0.4) is 0 Å². The number of fused-ring (bicyclic) bond motifs is 2. The fourth-order valence-corrected chi connectivity index (χ4v) is 2.31. The molecule has 0 radical (unpaired) electrons. The zero-order valence-corrected chi connectivity index (χ0v) is 10.6. The lowest BCUT2D eigenvalue weighted by molar-refractivity contribution is 1.11. The number of nitrogens with one attached hydrogen (secondary N) is 4. The molecule has 0 amide bonds. The van der Waals surface area contributed by atoms with E-state index in [0.717, 1.165) is 0 Å². The number of hydrogen-bond donors (Lipinski definition) is 4. The van der Waals surface area contributed by atoms with Gasteiger partial charge in [-0.3, -0.25) is 19.2 Å². The SMILES string of the molecule is Cc1c2[nH]c(=O)c(=O)[nH]c2c(C)c2[nH]c(=O)c(=O)[nH]c12. The van der Waals surface area contributed by atoms with Gasteiger partial charge in [0.25, 0.3) is 0 Å². The van der Waals surface area contributed by atoms with E-state index >= 15 is 0 Å². The van der Waals surface area contributed by atoms with Crippen LogP contribution >= 0.6 is 0 Å². The average Bonchev–Trinajstić information content (AvgIpc) is 2.41. The molecule has 0 bridgehead atoms. The molecule has 4 N–H and O–H groups in total. The third-order valence-corrected chi connectivity index (χ3v) is 3.37. The molecule has 2 aromatic heterocycles. The fraction of sp³-hybridized carbons (Fsp3) is 0.167. The molecule has 0 aliphatic rings. The molecule has 20 heavy (non-hydrogen) atoms. The molecule has 0 spiro atoms. The Kier molecular flexibility index (Phi) is 2.31. The molecular formula is C12H10N4O4. The van der Waals surface area contributed by atoms with Gasteiger partial charge in [0.1, 0.15) is 0 Å². The molecule has 0 saturated carbocycles. The minimum Gasteiger partial charge on any atom is -0.316 e. The van der Waals surface area contributed by atoms with Crippen LogP contribution in [0.4, 0.5) is 0 Å². The second-order valence-corrected chi connectivity index (χ2v) is 4.57. The molecular weight excluding hydrogens is 264 g/mol. The van der Waals surface area contributed by atoms with Crippen molar-refractivity contribution in [1.29, 1.82) is 0 Å². The van der Waals surface area contributed by atoms with Crippen molar-refractivity contribution in [2.24, 2.45) is 0 Å². The van der Waals surface area contributed by atoms with Crippen LogP contribution in [0, 0.1) is 13.8 Å². The second-order valence-electron chi connectivity index (χ2n) is 4.57. The summed E-state index contributed by atoms with van der Waals surface area (Å²) in [5.41, 5.74) is -0.298. The van der Waals surface area contributed by atoms with Gasteiger partial charge in [-0.15, -0.1) is 0 Å². The Morgan fingerprint density at radius 1 is 0.500 bits per heavy atom. The number of rotatable bonds is 0. The maximum absolute atomic E-state index is 11.4. The van der Waals surface area contributed by atoms with Crippen molar-refractivity contribution in [3.05, 3.63) is 52.5 Å². The van der Waals surface area contributed by atoms with E-state index < -0.39 is 22.2 Å². The first-order chi connectivity index (χ1) is 9.40. The molecule has 0 atom stereocenters. The molecule has 8 heteroatoms. The van der Waals surface area contributed by atoms with Crippen LogP contribution in [-0.2, 0) is 0 Å². The Bertz CT molecular complexity index is 924. The molecule has 8 nitrogen and oxygen atoms in total. The van der Waals surface area contributed by atoms with E-state index in [4.69, 9.17) is 0 Å². The predicted octanol–water partition coefficient (Wildman–Crippen LogP) is -0.637. The number of hydrogen-bond acceptors (Lipinski definition) is 4. The zero-order valence-electron chi connectivity index (χ0n) is 10.6. The van der Waals surface area contributed by atoms with Gasteiger partial charge in [-0.25, -0.2) is 0 Å². The van der Waals surface area contributed by atoms with Crippen LogP contribution in [0.2, 0.25) is 0 Å². The van der Waals surface area contributed by atoms with Crippen LogP contribution in [0.5, 0.6) is 0 Å². The molecule has 0 aliphatic heterocycles. The van der Waals surface area contributed by atoms with Crippen LogP contribution in [0.15, 0.2) is 19.2 Å². The largest absolute Gasteiger partial charge is 0.316 e. The van der Waals surface area contributed by atoms with Crippen molar-refractivity contribution in [1.82, 2.24) is 19.9 Å². The van der Waals surface area contributed by atoms with Crippen molar-refractivity contribution in [3.8, 4) is 0 Å². The normalized spacial score (nSPS) is 11.3. The summed E-state index contributed by atoms with van der Waals surface area (Å²) in [7, 11) is 0. The minimum absolute atomic E-state index is 0.419. The van der Waals surface area contributed by atoms with Crippen LogP contribution in [-0.4, -0.2) is 19.9 Å². The molecule has 0 aliphatic carbocycles. The van der Waals surface area contributed by atoms with Crippen LogP contribution in [0.1, 0.15) is 11.1 Å². The van der Waals surface area contributed by atoms with E-state index in [9.17, 15) is 19.2 Å². The van der Waals surface area contributed by atoms with Crippen LogP contribution < -0.4 is 22.2 Å². The Balaban J connectivity index is 2.75. The van der Waals surface area contributed by atoms with Gasteiger partial charge in [-0.1, -0.05) is 0 Å². The number of benzene rings is 1. The Labute approximate surface area is 109 Å². The predicted molar refractivity (Wildman–Crippen MR) is 73.4 cm³/mol. The van der Waals surface area contributed by atoms with Gasteiger partial charge in [0.2, 0.25) is 0 Å². The molecule has 0 saturated heterocycles. The van der Waals surface area contributed by atoms with Crippen LogP contribution in [0.25, 0.3) is 22.1 Å². The molecule has 0 unspecified atom stereocenters. The third-order valence-electron chi connectivity index (χ3n) is 3.37. The fourth-order valence-electron chi connectivity index (χ4n) is 2.31. The molecule has 1 aromatic carbocycles. The topological polar surface area (TPSA) is 131 Å². The first-order valence-electron chi connectivity index (χ1n) is 5.82. The number of aromatic nitrogens is 4. The Morgan fingerprint density at radius 3 is 0.900 bits per heavy atom. The van der Waals surface area contributed by atoms with E-state index in [1.54, 1.807) is 13.8 Å². The lowest BCUT2D eigenvalue weighted by atomic mass is 10.1. The molecule has 0 fully saturated rings. The molecule has 3 rings (SSSR count). The van der Waals surface area contributed by atoms with Gasteiger partial charge in [-0.05, 0) is 13.8 Å². The quantitative estimate of drug-likeness (QED) is 0.321. The maximum Gasteiger partial charge on any atom is 0.314 e. The standard InChI is InChI=1S/C12H10N4O4/c1-3-5-7(15-11(19)9(17)13-5)4(2)8-6(3)14-10(18)12(20)16-8/h1-2H3,(H,13,17)(H,14,18)(H,15,19)(H,16,20). The monoisotopic (exact) mass is 274 g/mol. The summed E-state index contributed by atoms with van der Waals surface area (Å²) in [6, 6.07) is 0. The summed E-state index contributed by atoms with van der Waals surface area (Å²) in [6.07, 6.45) is 0. The van der Waals surface area contributed by atoms with E-state index in [0.29, 0.717) is 33.2 Å². The highest BCUT2D eigenvalue weighted by molar-refractivity contribution is 5.98. The van der Waals surface area contributed by atoms with E-state index in [-0.39, 0.29) is 0 Å². The second kappa shape index (κ2) is 3.80. The highest BCUT2D eigenvalue weighted by Crippen LogP contribution is 2.24. The molecule has 102 valence electrons. The number of H-pyrrole nitrogens is 4. The van der Waals surface area contributed by atoms with Crippen molar-refractivity contribution in [2.75, 3.05) is 0 Å². The highest BCUT2D eigenvalue weighted by atomic mass is 16.2. The van der Waals surface area contributed by atoms with E-state index in [1.165, 1.54) is 0 Å². The molecule has 2 heterocycles. The number of aryl methyl sites for hydroxylation is 2. The Hall–Kier alpha value is -2.90. The van der Waals surface area contributed by atoms with Crippen molar-refractivity contribution >= 4 is 22.1 Å². The molecule has 3 aromatic rings. The van der Waals surface area contributed by atoms with Gasteiger partial charge in [-0.2, -0.15) is 0 Å². The number of aromatic amines is 4. The van der Waals surface area contributed by atoms with Crippen molar-refractivity contribution in [3.63, 3.8) is 0 Å². The van der Waals surface area contributed by atoms with Gasteiger partial charge in [0.05, 0.1) is 22.1 Å². The summed E-state index contributed by atoms with van der Waals surface area (Å²) >= 11 is 0. The van der Waals surface area contributed by atoms with Gasteiger partial charge < -0.3 is 19.9 Å². The van der Waals surface area contributed by atoms with Crippen molar-refractivity contribution in [2.45, 2.75) is 13.8 Å². The summed E-state index contributed by atoms with van der Waals surface area (Å²) in [5, 5.41) is 0. The average molecular weight is 274 g/mol. The first kappa shape index (κ1) is 12.2. The zero-order chi connectivity index (χ0) is 14.6. The Morgan fingerprint density at radius 2 is 0.700 bits per heavy atom. The first-order valence-corrected chi connectivity index (χ1v) is 5.82. The minimum atomic E-state index is -0.772. The lowest BCUT2D eigenvalue weighted by Crippen LogP contribution is -2.31. The highest BCUT2D eigenvalue weighted by Gasteiger charge is 2.13. The maximum atomic E-state index is 11.4. The van der Waals surface area contributed by atoms with E-state index in [1.807, 2.05) is 0 Å². The summed E-state index contributed by atoms with van der Waals surface area (Å²) in [5.74, 6) is 0. The summed E-state index contributed by atoms with van der Waals surface area (Å²) < 4.78 is 0. The third kappa shape index (κ3) is 1.48. The van der Waals surface area contributed by atoms with E-state index in [2.05, 4.69) is 19.9 Å². The van der Waals surface area contributed by atoms with Gasteiger partial charge in [0.15, 0.2) is 0 Å². The van der Waals surface area contributed by atoms with Gasteiger partial charge in [0, 0.05) is 11.1 Å². The van der Waals surface area contributed by atoms with Gasteiger partial charge >= 0.3 is 22.2 Å². The smallest absolute Gasteiger partial charge is 0.314 e. The summed E-state index contributed by atoms with van der Waals surface area (Å²) in [6.45, 7) is 3.35. The lowest BCUT2D eigenvalue weighted by Gasteiger charge is -2.09. The van der Waals surface area contributed by atoms with Crippen molar-refractivity contribution < 1.29 is 0 Å².